The Bertz CT molecular complexity index is 558. The predicted octanol–water partition coefficient (Wildman–Crippen LogP) is 2.22. The maximum Gasteiger partial charge on any atom is 0.322 e. The summed E-state index contributed by atoms with van der Waals surface area (Å²) >= 11 is 5.80. The van der Waals surface area contributed by atoms with Crippen molar-refractivity contribution in [1.29, 1.82) is 0 Å². The molecule has 102 valence electrons. The minimum Gasteiger partial charge on any atom is -0.461 e. The summed E-state index contributed by atoms with van der Waals surface area (Å²) in [5.74, 6) is 1.60. The van der Waals surface area contributed by atoms with Crippen molar-refractivity contribution in [3.8, 4) is 6.01 Å². The molecule has 0 spiro atoms. The molecule has 0 unspecified atom stereocenters. The van der Waals surface area contributed by atoms with Crippen molar-refractivity contribution in [3.05, 3.63) is 23.1 Å². The molecule has 1 N–H and O–H groups in total. The molecule has 0 radical (unpaired) electrons. The van der Waals surface area contributed by atoms with Crippen molar-refractivity contribution in [2.45, 2.75) is 33.4 Å². The van der Waals surface area contributed by atoms with E-state index in [4.69, 9.17) is 20.8 Å². The van der Waals surface area contributed by atoms with E-state index < -0.39 is 0 Å². The molecule has 0 aliphatic heterocycles. The summed E-state index contributed by atoms with van der Waals surface area (Å²) in [6, 6.07) is 0.182. The zero-order chi connectivity index (χ0) is 13.8. The molecule has 2 aromatic rings. The van der Waals surface area contributed by atoms with E-state index >= 15 is 0 Å². The maximum absolute atomic E-state index is 5.80. The quantitative estimate of drug-likeness (QED) is 0.900. The average Bonchev–Trinajstić information content (AvgIpc) is 2.71. The summed E-state index contributed by atoms with van der Waals surface area (Å²) < 4.78 is 10.7. The number of aromatic nitrogens is 4. The number of aryl methyl sites for hydroxylation is 1. The number of anilines is 1. The zero-order valence-electron chi connectivity index (χ0n) is 10.8. The lowest BCUT2D eigenvalue weighted by molar-refractivity contribution is 0.222. The molecule has 2 rings (SSSR count). The highest BCUT2D eigenvalue weighted by Gasteiger charge is 2.08. The van der Waals surface area contributed by atoms with Gasteiger partial charge in [-0.3, -0.25) is 0 Å². The van der Waals surface area contributed by atoms with Crippen molar-refractivity contribution >= 4 is 17.5 Å². The second kappa shape index (κ2) is 5.83. The van der Waals surface area contributed by atoms with Gasteiger partial charge in [0.15, 0.2) is 0 Å². The summed E-state index contributed by atoms with van der Waals surface area (Å²) in [4.78, 5) is 16.0. The lowest BCUT2D eigenvalue weighted by Gasteiger charge is -2.09. The highest BCUT2D eigenvalue weighted by atomic mass is 35.5. The van der Waals surface area contributed by atoms with Crippen LogP contribution in [0.2, 0.25) is 5.28 Å². The van der Waals surface area contributed by atoms with Gasteiger partial charge in [-0.05, 0) is 32.4 Å². The number of ether oxygens (including phenoxy) is 1. The van der Waals surface area contributed by atoms with Gasteiger partial charge in [0.25, 0.3) is 0 Å². The Labute approximate surface area is 115 Å². The standard InChI is InChI=1S/C11H14ClN5O2/c1-6(2)18-11-16-9(12)15-10(17-11)14-5-8-13-4-7(3)19-8/h4,6H,5H2,1-3H3,(H,14,15,16,17). The van der Waals surface area contributed by atoms with Gasteiger partial charge in [-0.25, -0.2) is 4.98 Å². The fraction of sp³-hybridized carbons (Fsp3) is 0.455. The van der Waals surface area contributed by atoms with Gasteiger partial charge in [0.2, 0.25) is 17.1 Å². The molecule has 7 nitrogen and oxygen atoms in total. The van der Waals surface area contributed by atoms with Gasteiger partial charge in [-0.1, -0.05) is 0 Å². The van der Waals surface area contributed by atoms with E-state index in [-0.39, 0.29) is 17.4 Å². The van der Waals surface area contributed by atoms with Gasteiger partial charge in [0.05, 0.1) is 18.8 Å². The van der Waals surface area contributed by atoms with Gasteiger partial charge < -0.3 is 14.5 Å². The molecule has 2 aromatic heterocycles. The molecule has 0 saturated carbocycles. The fourth-order valence-electron chi connectivity index (χ4n) is 1.31. The van der Waals surface area contributed by atoms with Gasteiger partial charge in [0.1, 0.15) is 5.76 Å². The topological polar surface area (TPSA) is 86.0 Å². The van der Waals surface area contributed by atoms with E-state index in [0.717, 1.165) is 5.76 Å². The van der Waals surface area contributed by atoms with Crippen LogP contribution in [-0.2, 0) is 6.54 Å². The average molecular weight is 284 g/mol. The number of nitrogens with zero attached hydrogens (tertiary/aromatic N) is 4. The molecule has 0 aliphatic rings. The van der Waals surface area contributed by atoms with Crippen LogP contribution in [0, 0.1) is 6.92 Å². The van der Waals surface area contributed by atoms with Crippen molar-refractivity contribution in [2.75, 3.05) is 5.32 Å². The Hall–Kier alpha value is -1.89. The molecule has 19 heavy (non-hydrogen) atoms. The van der Waals surface area contributed by atoms with E-state index in [1.807, 2.05) is 20.8 Å². The molecule has 0 saturated heterocycles. The first-order valence-corrected chi connectivity index (χ1v) is 6.14. The summed E-state index contributed by atoms with van der Waals surface area (Å²) in [6.07, 6.45) is 1.60. The van der Waals surface area contributed by atoms with Crippen LogP contribution < -0.4 is 10.1 Å². The normalized spacial score (nSPS) is 10.8. The van der Waals surface area contributed by atoms with Crippen molar-refractivity contribution in [2.24, 2.45) is 0 Å². The van der Waals surface area contributed by atoms with E-state index in [1.165, 1.54) is 0 Å². The van der Waals surface area contributed by atoms with Gasteiger partial charge in [0, 0.05) is 0 Å². The highest BCUT2D eigenvalue weighted by molar-refractivity contribution is 6.28. The van der Waals surface area contributed by atoms with Crippen molar-refractivity contribution < 1.29 is 9.15 Å². The van der Waals surface area contributed by atoms with Gasteiger partial charge in [-0.15, -0.1) is 0 Å². The molecule has 0 aliphatic carbocycles. The second-order valence-corrected chi connectivity index (χ2v) is 4.43. The van der Waals surface area contributed by atoms with Crippen LogP contribution in [0.1, 0.15) is 25.5 Å². The predicted molar refractivity (Wildman–Crippen MR) is 69.2 cm³/mol. The summed E-state index contributed by atoms with van der Waals surface area (Å²) in [5.41, 5.74) is 0. The minimum atomic E-state index is -0.0410. The Morgan fingerprint density at radius 1 is 1.37 bits per heavy atom. The lowest BCUT2D eigenvalue weighted by atomic mass is 10.5. The van der Waals surface area contributed by atoms with Crippen molar-refractivity contribution in [1.82, 2.24) is 19.9 Å². The largest absolute Gasteiger partial charge is 0.461 e. The van der Waals surface area contributed by atoms with Crippen LogP contribution in [0.25, 0.3) is 0 Å². The number of oxazole rings is 1. The van der Waals surface area contributed by atoms with Crippen LogP contribution in [0.4, 0.5) is 5.95 Å². The Balaban J connectivity index is 2.05. The number of hydrogen-bond acceptors (Lipinski definition) is 7. The fourth-order valence-corrected chi connectivity index (χ4v) is 1.46. The van der Waals surface area contributed by atoms with Crippen LogP contribution >= 0.6 is 11.6 Å². The SMILES string of the molecule is Cc1cnc(CNc2nc(Cl)nc(OC(C)C)n2)o1. The molecule has 8 heteroatoms. The number of halogens is 1. The molecule has 0 bridgehead atoms. The minimum absolute atomic E-state index is 0.0410. The zero-order valence-corrected chi connectivity index (χ0v) is 11.6. The number of nitrogens with one attached hydrogen (secondary N) is 1. The third kappa shape index (κ3) is 4.06. The highest BCUT2D eigenvalue weighted by Crippen LogP contribution is 2.13. The van der Waals surface area contributed by atoms with Crippen LogP contribution in [-0.4, -0.2) is 26.0 Å². The molecular formula is C11H14ClN5O2. The molecular weight excluding hydrogens is 270 g/mol. The summed E-state index contributed by atoms with van der Waals surface area (Å²) in [6.45, 7) is 5.93. The Morgan fingerprint density at radius 3 is 2.79 bits per heavy atom. The summed E-state index contributed by atoms with van der Waals surface area (Å²) in [5, 5.41) is 3.01. The van der Waals surface area contributed by atoms with Crippen molar-refractivity contribution in [3.63, 3.8) is 0 Å². The Kier molecular flexibility index (Phi) is 4.16. The summed E-state index contributed by atoms with van der Waals surface area (Å²) in [7, 11) is 0. The Morgan fingerprint density at radius 2 is 2.16 bits per heavy atom. The number of hydrogen-bond donors (Lipinski definition) is 1. The lowest BCUT2D eigenvalue weighted by Crippen LogP contribution is -2.11. The maximum atomic E-state index is 5.80. The molecule has 2 heterocycles. The first kappa shape index (κ1) is 13.5. The second-order valence-electron chi connectivity index (χ2n) is 4.10. The number of rotatable bonds is 5. The first-order valence-electron chi connectivity index (χ1n) is 5.76. The van der Waals surface area contributed by atoms with Crippen LogP contribution in [0.5, 0.6) is 6.01 Å². The molecule has 0 fully saturated rings. The van der Waals surface area contributed by atoms with E-state index in [9.17, 15) is 0 Å². The third-order valence-electron chi connectivity index (χ3n) is 2.00. The van der Waals surface area contributed by atoms with E-state index in [2.05, 4.69) is 25.3 Å². The molecule has 0 amide bonds. The van der Waals surface area contributed by atoms with E-state index in [1.54, 1.807) is 6.20 Å². The van der Waals surface area contributed by atoms with Crippen LogP contribution in [0.3, 0.4) is 0 Å². The monoisotopic (exact) mass is 283 g/mol. The van der Waals surface area contributed by atoms with E-state index in [0.29, 0.717) is 18.4 Å². The van der Waals surface area contributed by atoms with Crippen LogP contribution in [0.15, 0.2) is 10.6 Å². The third-order valence-corrected chi connectivity index (χ3v) is 2.16. The first-order chi connectivity index (χ1) is 9.02. The van der Waals surface area contributed by atoms with Gasteiger partial charge >= 0.3 is 6.01 Å². The smallest absolute Gasteiger partial charge is 0.322 e. The molecule has 0 aromatic carbocycles. The van der Waals surface area contributed by atoms with Gasteiger partial charge in [-0.2, -0.15) is 15.0 Å². The molecule has 0 atom stereocenters.